The van der Waals surface area contributed by atoms with Gasteiger partial charge in [0.15, 0.2) is 0 Å². The van der Waals surface area contributed by atoms with Gasteiger partial charge in [-0.05, 0) is 63.7 Å². The molecule has 0 amide bonds. The molecule has 3 heteroatoms. The number of hydrogen-bond acceptors (Lipinski definition) is 3. The molecule has 0 aliphatic heterocycles. The van der Waals surface area contributed by atoms with Crippen LogP contribution >= 0.6 is 0 Å². The molecule has 0 heterocycles. The van der Waals surface area contributed by atoms with Crippen molar-refractivity contribution in [1.29, 1.82) is 0 Å². The van der Waals surface area contributed by atoms with Crippen LogP contribution in [0.15, 0.2) is 0 Å². The monoisotopic (exact) mass is 311 g/mol. The highest BCUT2D eigenvalue weighted by Crippen LogP contribution is 2.66. The van der Waals surface area contributed by atoms with Crippen molar-refractivity contribution in [1.82, 2.24) is 4.90 Å². The lowest BCUT2D eigenvalue weighted by atomic mass is 9.70. The minimum Gasteiger partial charge on any atom is -0.389 e. The third-order valence-corrected chi connectivity index (χ3v) is 6.95. The van der Waals surface area contributed by atoms with Gasteiger partial charge in [-0.1, -0.05) is 20.8 Å². The van der Waals surface area contributed by atoms with Crippen molar-refractivity contribution >= 4 is 0 Å². The normalized spacial score (nSPS) is 35.0. The van der Waals surface area contributed by atoms with E-state index >= 15 is 0 Å². The van der Waals surface area contributed by atoms with Crippen molar-refractivity contribution in [2.24, 2.45) is 16.7 Å². The van der Waals surface area contributed by atoms with E-state index in [9.17, 15) is 5.11 Å². The van der Waals surface area contributed by atoms with Crippen LogP contribution in [0.3, 0.4) is 0 Å². The molecule has 0 saturated heterocycles. The lowest BCUT2D eigenvalue weighted by Gasteiger charge is -2.39. The Morgan fingerprint density at radius 2 is 1.73 bits per heavy atom. The number of aliphatic hydroxyl groups excluding tert-OH is 1. The summed E-state index contributed by atoms with van der Waals surface area (Å²) in [6.45, 7) is 17.1. The van der Waals surface area contributed by atoms with Crippen LogP contribution in [0.25, 0.3) is 0 Å². The van der Waals surface area contributed by atoms with E-state index in [1.165, 1.54) is 19.3 Å². The smallest absolute Gasteiger partial charge is 0.0900 e. The molecule has 0 spiro atoms. The van der Waals surface area contributed by atoms with Gasteiger partial charge in [-0.15, -0.1) is 0 Å². The van der Waals surface area contributed by atoms with Gasteiger partial charge in [0.2, 0.25) is 0 Å². The van der Waals surface area contributed by atoms with Gasteiger partial charge in [-0.2, -0.15) is 0 Å². The van der Waals surface area contributed by atoms with Gasteiger partial charge in [0, 0.05) is 18.6 Å². The molecular weight excluding hydrogens is 274 g/mol. The molecule has 22 heavy (non-hydrogen) atoms. The molecule has 4 unspecified atom stereocenters. The van der Waals surface area contributed by atoms with Crippen LogP contribution in [-0.4, -0.2) is 47.4 Å². The van der Waals surface area contributed by atoms with E-state index in [2.05, 4.69) is 53.4 Å². The first-order valence-corrected chi connectivity index (χ1v) is 9.15. The minimum atomic E-state index is -0.393. The summed E-state index contributed by atoms with van der Waals surface area (Å²) < 4.78 is 6.22. The molecule has 3 nitrogen and oxygen atoms in total. The number of nitrogens with zero attached hydrogens (tertiary/aromatic N) is 1. The highest BCUT2D eigenvalue weighted by Gasteiger charge is 2.61. The predicted molar refractivity (Wildman–Crippen MR) is 92.0 cm³/mol. The second-order valence-corrected chi connectivity index (χ2v) is 8.97. The lowest BCUT2D eigenvalue weighted by Crippen LogP contribution is -2.44. The van der Waals surface area contributed by atoms with Crippen molar-refractivity contribution in [3.05, 3.63) is 0 Å². The molecule has 4 atom stereocenters. The standard InChI is InChI=1S/C19H37NO2/c1-13(2)20(14(3)4)11-16(21)12-22-17-10-15-8-9-19(17,7)18(15,5)6/h13-17,21H,8-12H2,1-7H3. The highest BCUT2D eigenvalue weighted by molar-refractivity contribution is 5.11. The van der Waals surface area contributed by atoms with Gasteiger partial charge in [-0.25, -0.2) is 0 Å². The molecule has 2 aliphatic rings. The van der Waals surface area contributed by atoms with Crippen LogP contribution in [0.5, 0.6) is 0 Å². The zero-order chi connectivity index (χ0) is 16.7. The molecule has 2 bridgehead atoms. The van der Waals surface area contributed by atoms with E-state index in [0.29, 0.717) is 36.8 Å². The Labute approximate surface area is 137 Å². The predicted octanol–water partition coefficient (Wildman–Crippen LogP) is 3.70. The maximum absolute atomic E-state index is 10.4. The van der Waals surface area contributed by atoms with E-state index in [1.807, 2.05) is 0 Å². The highest BCUT2D eigenvalue weighted by atomic mass is 16.5. The Kier molecular flexibility index (Phi) is 5.31. The minimum absolute atomic E-state index is 0.285. The Bertz CT molecular complexity index is 372. The first kappa shape index (κ1) is 18.2. The van der Waals surface area contributed by atoms with Gasteiger partial charge in [0.05, 0.1) is 18.8 Å². The Morgan fingerprint density at radius 3 is 2.14 bits per heavy atom. The summed E-state index contributed by atoms with van der Waals surface area (Å²) in [4.78, 5) is 2.33. The second-order valence-electron chi connectivity index (χ2n) is 8.97. The summed E-state index contributed by atoms with van der Waals surface area (Å²) in [5.74, 6) is 0.794. The van der Waals surface area contributed by atoms with Crippen molar-refractivity contribution in [3.8, 4) is 0 Å². The van der Waals surface area contributed by atoms with Crippen LogP contribution in [-0.2, 0) is 4.74 Å². The van der Waals surface area contributed by atoms with Crippen LogP contribution in [0.2, 0.25) is 0 Å². The Morgan fingerprint density at radius 1 is 1.14 bits per heavy atom. The summed E-state index contributed by atoms with van der Waals surface area (Å²) in [6.07, 6.45) is 3.72. The molecule has 0 aromatic heterocycles. The van der Waals surface area contributed by atoms with E-state index < -0.39 is 6.10 Å². The number of ether oxygens (including phenoxy) is 1. The molecule has 0 aromatic carbocycles. The average Bonchev–Trinajstić information content (AvgIpc) is 2.74. The summed E-state index contributed by atoms with van der Waals surface area (Å²) >= 11 is 0. The quantitative estimate of drug-likeness (QED) is 0.778. The molecule has 0 aromatic rings. The molecule has 2 rings (SSSR count). The number of rotatable bonds is 7. The van der Waals surface area contributed by atoms with Crippen LogP contribution in [0, 0.1) is 16.7 Å². The third-order valence-electron chi connectivity index (χ3n) is 6.95. The van der Waals surface area contributed by atoms with Gasteiger partial charge in [0.25, 0.3) is 0 Å². The van der Waals surface area contributed by atoms with Crippen LogP contribution < -0.4 is 0 Å². The number of hydrogen-bond donors (Lipinski definition) is 1. The molecule has 2 saturated carbocycles. The first-order valence-electron chi connectivity index (χ1n) is 9.15. The summed E-state index contributed by atoms with van der Waals surface area (Å²) in [5, 5.41) is 10.4. The Balaban J connectivity index is 1.86. The van der Waals surface area contributed by atoms with Crippen LogP contribution in [0.1, 0.15) is 67.7 Å². The SMILES string of the molecule is CC(C)N(CC(O)COC1CC2CCC1(C)C2(C)C)C(C)C. The van der Waals surface area contributed by atoms with Gasteiger partial charge < -0.3 is 9.84 Å². The van der Waals surface area contributed by atoms with Gasteiger partial charge in [0.1, 0.15) is 0 Å². The zero-order valence-electron chi connectivity index (χ0n) is 15.7. The fourth-order valence-electron chi connectivity index (χ4n) is 4.92. The molecule has 0 radical (unpaired) electrons. The molecule has 2 aliphatic carbocycles. The van der Waals surface area contributed by atoms with E-state index in [-0.39, 0.29) is 5.41 Å². The van der Waals surface area contributed by atoms with Crippen molar-refractivity contribution in [2.75, 3.05) is 13.2 Å². The van der Waals surface area contributed by atoms with E-state index in [4.69, 9.17) is 4.74 Å². The van der Waals surface area contributed by atoms with E-state index in [0.717, 1.165) is 5.92 Å². The fraction of sp³-hybridized carbons (Fsp3) is 1.00. The average molecular weight is 312 g/mol. The van der Waals surface area contributed by atoms with Crippen molar-refractivity contribution in [3.63, 3.8) is 0 Å². The zero-order valence-corrected chi connectivity index (χ0v) is 15.7. The Hall–Kier alpha value is -0.120. The topological polar surface area (TPSA) is 32.7 Å². The number of fused-ring (bicyclic) bond motifs is 2. The van der Waals surface area contributed by atoms with E-state index in [1.54, 1.807) is 0 Å². The molecule has 1 N–H and O–H groups in total. The number of aliphatic hydroxyl groups is 1. The lowest BCUT2D eigenvalue weighted by molar-refractivity contribution is -0.0819. The molecule has 2 fully saturated rings. The van der Waals surface area contributed by atoms with Crippen molar-refractivity contribution in [2.45, 2.75) is 92.0 Å². The summed E-state index contributed by atoms with van der Waals surface area (Å²) in [7, 11) is 0. The van der Waals surface area contributed by atoms with Gasteiger partial charge in [-0.3, -0.25) is 4.90 Å². The molecule has 130 valence electrons. The summed E-state index contributed by atoms with van der Waals surface area (Å²) in [5.41, 5.74) is 0.664. The third kappa shape index (κ3) is 3.09. The largest absolute Gasteiger partial charge is 0.389 e. The maximum Gasteiger partial charge on any atom is 0.0900 e. The van der Waals surface area contributed by atoms with Crippen molar-refractivity contribution < 1.29 is 9.84 Å². The summed E-state index contributed by atoms with van der Waals surface area (Å²) in [6, 6.07) is 0.905. The van der Waals surface area contributed by atoms with Crippen LogP contribution in [0.4, 0.5) is 0 Å². The first-order chi connectivity index (χ1) is 10.1. The fourth-order valence-corrected chi connectivity index (χ4v) is 4.92. The second kappa shape index (κ2) is 6.41. The van der Waals surface area contributed by atoms with Gasteiger partial charge >= 0.3 is 0 Å². The molecular formula is C19H37NO2. The maximum atomic E-state index is 10.4.